The van der Waals surface area contributed by atoms with Crippen molar-refractivity contribution in [1.29, 1.82) is 5.53 Å². The van der Waals surface area contributed by atoms with Crippen LogP contribution in [0.15, 0.2) is 5.11 Å². The summed E-state index contributed by atoms with van der Waals surface area (Å²) >= 11 is 0. The molecule has 1 fully saturated rings. The number of ether oxygens (including phenoxy) is 2. The lowest BCUT2D eigenvalue weighted by molar-refractivity contribution is -0.0608. The van der Waals surface area contributed by atoms with Gasteiger partial charge in [-0.1, -0.05) is 0 Å². The van der Waals surface area contributed by atoms with Crippen molar-refractivity contribution in [2.75, 3.05) is 40.1 Å². The Bertz CT molecular complexity index is 318. The number of carbonyl (C=O) groups is 1. The predicted molar refractivity (Wildman–Crippen MR) is 56.6 cm³/mol. The Balaban J connectivity index is 2.60. The van der Waals surface area contributed by atoms with Gasteiger partial charge in [0.15, 0.2) is 0 Å². The minimum absolute atomic E-state index is 0.160. The number of hydrogen-bond donors (Lipinski definition) is 2. The van der Waals surface area contributed by atoms with Crippen molar-refractivity contribution < 1.29 is 19.4 Å². The zero-order valence-corrected chi connectivity index (χ0v) is 9.76. The molecule has 0 bridgehead atoms. The van der Waals surface area contributed by atoms with Crippen molar-refractivity contribution in [3.8, 4) is 0 Å². The maximum absolute atomic E-state index is 10.9. The van der Waals surface area contributed by atoms with Crippen molar-refractivity contribution >= 4 is 6.09 Å². The van der Waals surface area contributed by atoms with E-state index in [1.54, 1.807) is 0 Å². The second-order valence-corrected chi connectivity index (χ2v) is 4.11. The molecule has 17 heavy (non-hydrogen) atoms. The van der Waals surface area contributed by atoms with E-state index in [9.17, 15) is 4.79 Å². The number of likely N-dealkylation sites (tertiary alicyclic amines) is 1. The van der Waals surface area contributed by atoms with E-state index in [-0.39, 0.29) is 12.2 Å². The van der Waals surface area contributed by atoms with Gasteiger partial charge >= 0.3 is 6.09 Å². The van der Waals surface area contributed by atoms with Crippen LogP contribution in [0, 0.1) is 10.9 Å². The van der Waals surface area contributed by atoms with Crippen LogP contribution in [0.5, 0.6) is 0 Å². The average molecular weight is 245 g/mol. The van der Waals surface area contributed by atoms with E-state index in [4.69, 9.17) is 20.1 Å². The number of rotatable bonds is 6. The Morgan fingerprint density at radius 1 is 1.71 bits per heavy atom. The third-order valence-corrected chi connectivity index (χ3v) is 2.80. The van der Waals surface area contributed by atoms with Crippen LogP contribution in [0.2, 0.25) is 0 Å². The highest BCUT2D eigenvalue weighted by molar-refractivity contribution is 5.65. The minimum Gasteiger partial charge on any atom is -0.465 e. The monoisotopic (exact) mass is 245 g/mol. The SMILES string of the molecule is COCOCC1(CN=[N+]=N)CCN(C(=O)O)C1. The van der Waals surface area contributed by atoms with Gasteiger partial charge in [-0.3, -0.25) is 0 Å². The van der Waals surface area contributed by atoms with Crippen molar-refractivity contribution in [3.63, 3.8) is 0 Å². The molecule has 1 heterocycles. The van der Waals surface area contributed by atoms with E-state index in [2.05, 4.69) is 10.0 Å². The van der Waals surface area contributed by atoms with Gasteiger partial charge in [-0.15, -0.1) is 0 Å². The van der Waals surface area contributed by atoms with Crippen molar-refractivity contribution in [1.82, 2.24) is 9.81 Å². The van der Waals surface area contributed by atoms with Crippen LogP contribution in [-0.2, 0) is 9.47 Å². The number of carboxylic acid groups (broad SMARTS) is 1. The highest BCUT2D eigenvalue weighted by Gasteiger charge is 2.41. The van der Waals surface area contributed by atoms with Crippen LogP contribution in [0.1, 0.15) is 6.42 Å². The fraction of sp³-hybridized carbons (Fsp3) is 0.889. The van der Waals surface area contributed by atoms with E-state index in [1.165, 1.54) is 12.0 Å². The number of methoxy groups -OCH3 is 1. The molecule has 1 saturated heterocycles. The molecular formula is C9H17N4O4+. The molecule has 96 valence electrons. The summed E-state index contributed by atoms with van der Waals surface area (Å²) in [6.07, 6.45) is -0.288. The lowest BCUT2D eigenvalue weighted by Crippen LogP contribution is -2.36. The molecule has 0 spiro atoms. The summed E-state index contributed by atoms with van der Waals surface area (Å²) in [5, 5.41) is 12.6. The first-order chi connectivity index (χ1) is 8.13. The topological polar surface area (TPSA) is 109 Å². The third kappa shape index (κ3) is 3.77. The van der Waals surface area contributed by atoms with E-state index < -0.39 is 6.09 Å². The van der Waals surface area contributed by atoms with Gasteiger partial charge < -0.3 is 19.5 Å². The minimum atomic E-state index is -0.943. The van der Waals surface area contributed by atoms with Crippen molar-refractivity contribution in [2.45, 2.75) is 6.42 Å². The van der Waals surface area contributed by atoms with Crippen molar-refractivity contribution in [3.05, 3.63) is 0 Å². The van der Waals surface area contributed by atoms with Gasteiger partial charge in [-0.05, 0) is 6.42 Å². The molecule has 1 aliphatic heterocycles. The first-order valence-corrected chi connectivity index (χ1v) is 5.21. The van der Waals surface area contributed by atoms with Crippen LogP contribution in [0.3, 0.4) is 0 Å². The number of nitrogens with zero attached hydrogens (tertiary/aromatic N) is 3. The molecule has 1 unspecified atom stereocenters. The molecular weight excluding hydrogens is 228 g/mol. The van der Waals surface area contributed by atoms with Gasteiger partial charge in [-0.25, -0.2) is 4.79 Å². The summed E-state index contributed by atoms with van der Waals surface area (Å²) in [6.45, 7) is 1.62. The first kappa shape index (κ1) is 13.6. The Labute approximate surface area is 98.7 Å². The van der Waals surface area contributed by atoms with Crippen LogP contribution < -0.4 is 4.91 Å². The molecule has 2 N–H and O–H groups in total. The van der Waals surface area contributed by atoms with Crippen LogP contribution in [0.25, 0.3) is 0 Å². The van der Waals surface area contributed by atoms with Crippen molar-refractivity contribution in [2.24, 2.45) is 10.5 Å². The fourth-order valence-electron chi connectivity index (χ4n) is 1.92. The summed E-state index contributed by atoms with van der Waals surface area (Å²) in [5.41, 5.74) is 6.28. The number of amides is 1. The molecule has 8 nitrogen and oxygen atoms in total. The molecule has 0 radical (unpaired) electrons. The Morgan fingerprint density at radius 2 is 2.47 bits per heavy atom. The smallest absolute Gasteiger partial charge is 0.407 e. The lowest BCUT2D eigenvalue weighted by Gasteiger charge is -2.24. The van der Waals surface area contributed by atoms with E-state index in [0.29, 0.717) is 32.7 Å². The molecule has 0 aliphatic carbocycles. The molecule has 8 heteroatoms. The second kappa shape index (κ2) is 6.29. The Morgan fingerprint density at radius 3 is 3.00 bits per heavy atom. The molecule has 1 aliphatic rings. The van der Waals surface area contributed by atoms with Crippen LogP contribution >= 0.6 is 0 Å². The molecule has 0 aromatic rings. The molecule has 1 atom stereocenters. The molecule has 0 aromatic heterocycles. The van der Waals surface area contributed by atoms with Gasteiger partial charge in [-0.2, -0.15) is 0 Å². The van der Waals surface area contributed by atoms with Gasteiger partial charge in [0.1, 0.15) is 24.0 Å². The van der Waals surface area contributed by atoms with Gasteiger partial charge in [0.2, 0.25) is 4.91 Å². The summed E-state index contributed by atoms with van der Waals surface area (Å²) in [5.74, 6) is 0. The maximum atomic E-state index is 10.9. The molecule has 1 amide bonds. The summed E-state index contributed by atoms with van der Waals surface area (Å²) in [7, 11) is 1.52. The summed E-state index contributed by atoms with van der Waals surface area (Å²) in [6, 6.07) is 0. The normalized spacial score (nSPS) is 23.5. The molecule has 0 saturated carbocycles. The van der Waals surface area contributed by atoms with Crippen LogP contribution in [-0.4, -0.2) is 56.2 Å². The molecule has 0 aromatic carbocycles. The zero-order chi connectivity index (χ0) is 12.7. The van der Waals surface area contributed by atoms with Gasteiger partial charge in [0.05, 0.1) is 6.61 Å². The largest absolute Gasteiger partial charge is 0.465 e. The highest BCUT2D eigenvalue weighted by atomic mass is 16.7. The predicted octanol–water partition coefficient (Wildman–Crippen LogP) is 0.527. The van der Waals surface area contributed by atoms with Crippen LogP contribution in [0.4, 0.5) is 4.79 Å². The summed E-state index contributed by atoms with van der Waals surface area (Å²) in [4.78, 5) is 15.2. The second-order valence-electron chi connectivity index (χ2n) is 4.11. The van der Waals surface area contributed by atoms with E-state index in [1.807, 2.05) is 0 Å². The first-order valence-electron chi connectivity index (χ1n) is 5.21. The zero-order valence-electron chi connectivity index (χ0n) is 9.76. The lowest BCUT2D eigenvalue weighted by atomic mass is 9.88. The average Bonchev–Trinajstić information content (AvgIpc) is 2.72. The van der Waals surface area contributed by atoms with Gasteiger partial charge in [0, 0.05) is 25.6 Å². The standard InChI is InChI=1S/C9H16N4O4/c1-16-7-17-6-9(4-11-12-10)2-3-13(5-9)8(14)15/h10H,2-7H2,1H3/p+1. The number of nitrogens with one attached hydrogen (secondary N) is 1. The number of hydrogen-bond acceptors (Lipinski definition) is 5. The van der Waals surface area contributed by atoms with E-state index >= 15 is 0 Å². The quantitative estimate of drug-likeness (QED) is 0.308. The Hall–Kier alpha value is -1.50. The van der Waals surface area contributed by atoms with Gasteiger partial charge in [0.25, 0.3) is 0 Å². The highest BCUT2D eigenvalue weighted by Crippen LogP contribution is 2.31. The fourth-order valence-corrected chi connectivity index (χ4v) is 1.92. The molecule has 1 rings (SSSR count). The third-order valence-electron chi connectivity index (χ3n) is 2.80. The summed E-state index contributed by atoms with van der Waals surface area (Å²) < 4.78 is 10.1. The van der Waals surface area contributed by atoms with E-state index in [0.717, 1.165) is 0 Å². The Kier molecular flexibility index (Phi) is 5.02. The maximum Gasteiger partial charge on any atom is 0.407 e.